The molecule has 3 heteroatoms. The number of aliphatic hydroxyl groups excluding tert-OH is 1. The Bertz CT molecular complexity index is 653. The minimum atomic E-state index is -0.102. The van der Waals surface area contributed by atoms with E-state index in [2.05, 4.69) is 31.7 Å². The first-order valence-electron chi connectivity index (χ1n) is 11.8. The van der Waals surface area contributed by atoms with Gasteiger partial charge in [-0.15, -0.1) is 0 Å². The molecule has 1 aromatic rings. The van der Waals surface area contributed by atoms with E-state index in [0.717, 1.165) is 42.8 Å². The van der Waals surface area contributed by atoms with Gasteiger partial charge in [0.2, 0.25) is 0 Å². The van der Waals surface area contributed by atoms with Gasteiger partial charge >= 0.3 is 0 Å². The van der Waals surface area contributed by atoms with E-state index in [9.17, 15) is 5.11 Å². The van der Waals surface area contributed by atoms with Gasteiger partial charge in [-0.25, -0.2) is 0 Å². The summed E-state index contributed by atoms with van der Waals surface area (Å²) in [6.07, 6.45) is 11.6. The number of rotatable bonds is 12. The van der Waals surface area contributed by atoms with Gasteiger partial charge in [-0.3, -0.25) is 0 Å². The quantitative estimate of drug-likeness (QED) is 0.341. The molecule has 0 aromatic heterocycles. The molecule has 0 amide bonds. The molecule has 3 rings (SSSR count). The van der Waals surface area contributed by atoms with Crippen molar-refractivity contribution in [2.24, 2.45) is 17.8 Å². The predicted molar refractivity (Wildman–Crippen MR) is 119 cm³/mol. The summed E-state index contributed by atoms with van der Waals surface area (Å²) in [5.41, 5.74) is 2.86. The average molecular weight is 401 g/mol. The SMILES string of the molecule is C=C(COc1cccc2c1CC1CCC(CCC(O)CCCCC)C1C2)OCC. The molecule has 3 nitrogen and oxygen atoms in total. The molecular formula is C26H40O3. The molecule has 2 aliphatic rings. The van der Waals surface area contributed by atoms with Crippen molar-refractivity contribution in [2.75, 3.05) is 13.2 Å². The molecule has 0 saturated heterocycles. The van der Waals surface area contributed by atoms with Crippen molar-refractivity contribution in [2.45, 2.75) is 84.2 Å². The van der Waals surface area contributed by atoms with Crippen molar-refractivity contribution >= 4 is 0 Å². The molecule has 1 N–H and O–H groups in total. The van der Waals surface area contributed by atoms with Gasteiger partial charge in [-0.2, -0.15) is 0 Å². The van der Waals surface area contributed by atoms with Crippen molar-refractivity contribution < 1.29 is 14.6 Å². The van der Waals surface area contributed by atoms with Crippen LogP contribution in [-0.2, 0) is 17.6 Å². The third kappa shape index (κ3) is 6.01. The average Bonchev–Trinajstić information content (AvgIpc) is 3.11. The van der Waals surface area contributed by atoms with Gasteiger partial charge in [0.1, 0.15) is 18.1 Å². The molecule has 29 heavy (non-hydrogen) atoms. The Labute approximate surface area is 177 Å². The summed E-state index contributed by atoms with van der Waals surface area (Å²) in [5.74, 6) is 4.02. The van der Waals surface area contributed by atoms with Crippen LogP contribution in [0.2, 0.25) is 0 Å². The van der Waals surface area contributed by atoms with Crippen molar-refractivity contribution in [3.8, 4) is 5.75 Å². The molecule has 1 aromatic carbocycles. The molecule has 0 heterocycles. The van der Waals surface area contributed by atoms with Gasteiger partial charge in [0.05, 0.1) is 12.7 Å². The van der Waals surface area contributed by atoms with E-state index in [1.54, 1.807) is 0 Å². The first kappa shape index (κ1) is 22.2. The van der Waals surface area contributed by atoms with Crippen molar-refractivity contribution in [1.82, 2.24) is 0 Å². The predicted octanol–water partition coefficient (Wildman–Crippen LogP) is 6.08. The monoisotopic (exact) mass is 400 g/mol. The molecular weight excluding hydrogens is 360 g/mol. The number of hydrogen-bond donors (Lipinski definition) is 1. The van der Waals surface area contributed by atoms with E-state index in [-0.39, 0.29) is 6.10 Å². The van der Waals surface area contributed by atoms with E-state index < -0.39 is 0 Å². The maximum absolute atomic E-state index is 10.3. The van der Waals surface area contributed by atoms with Crippen LogP contribution in [0.4, 0.5) is 0 Å². The number of benzene rings is 1. The molecule has 0 bridgehead atoms. The van der Waals surface area contributed by atoms with Gasteiger partial charge in [-0.05, 0) is 86.8 Å². The second-order valence-electron chi connectivity index (χ2n) is 9.05. The maximum atomic E-state index is 10.3. The molecule has 4 unspecified atom stereocenters. The lowest BCUT2D eigenvalue weighted by Gasteiger charge is -2.32. The Balaban J connectivity index is 1.56. The van der Waals surface area contributed by atoms with Crippen LogP contribution in [0.3, 0.4) is 0 Å². The van der Waals surface area contributed by atoms with Crippen LogP contribution in [-0.4, -0.2) is 24.4 Å². The summed E-state index contributed by atoms with van der Waals surface area (Å²) in [5, 5.41) is 10.3. The zero-order chi connectivity index (χ0) is 20.6. The highest BCUT2D eigenvalue weighted by Crippen LogP contribution is 2.48. The first-order valence-corrected chi connectivity index (χ1v) is 11.8. The minimum absolute atomic E-state index is 0.102. The van der Waals surface area contributed by atoms with Crippen LogP contribution >= 0.6 is 0 Å². The van der Waals surface area contributed by atoms with Crippen LogP contribution in [0.1, 0.15) is 76.3 Å². The molecule has 0 radical (unpaired) electrons. The normalized spacial score (nSPS) is 23.9. The lowest BCUT2D eigenvalue weighted by molar-refractivity contribution is 0.134. The Morgan fingerprint density at radius 3 is 2.83 bits per heavy atom. The third-order valence-electron chi connectivity index (χ3n) is 7.02. The lowest BCUT2D eigenvalue weighted by atomic mass is 9.73. The summed E-state index contributed by atoms with van der Waals surface area (Å²) in [6.45, 7) is 9.17. The molecule has 1 saturated carbocycles. The van der Waals surface area contributed by atoms with E-state index in [1.807, 2.05) is 6.92 Å². The van der Waals surface area contributed by atoms with Crippen LogP contribution in [0.15, 0.2) is 30.5 Å². The third-order valence-corrected chi connectivity index (χ3v) is 7.02. The highest BCUT2D eigenvalue weighted by atomic mass is 16.5. The van der Waals surface area contributed by atoms with Crippen LogP contribution in [0, 0.1) is 17.8 Å². The Hall–Kier alpha value is -1.48. The summed E-state index contributed by atoms with van der Waals surface area (Å²) in [6, 6.07) is 6.50. The number of ether oxygens (including phenoxy) is 2. The largest absolute Gasteiger partial charge is 0.495 e. The standard InChI is InChI=1S/C26H40O3/c1-4-6-7-10-23(27)15-14-20-12-13-22-17-25-21(16-24(20)22)9-8-11-26(25)29-18-19(3)28-5-2/h8-9,11,20,22-24,27H,3-7,10,12-18H2,1-2H3. The highest BCUT2D eigenvalue weighted by molar-refractivity contribution is 5.43. The fourth-order valence-corrected chi connectivity index (χ4v) is 5.46. The highest BCUT2D eigenvalue weighted by Gasteiger charge is 2.39. The number of unbranched alkanes of at least 4 members (excludes halogenated alkanes) is 2. The summed E-state index contributed by atoms with van der Waals surface area (Å²) in [4.78, 5) is 0. The van der Waals surface area contributed by atoms with Gasteiger partial charge in [0.25, 0.3) is 0 Å². The first-order chi connectivity index (χ1) is 14.1. The number of aliphatic hydroxyl groups is 1. The Kier molecular flexibility index (Phi) is 8.47. The summed E-state index contributed by atoms with van der Waals surface area (Å²) < 4.78 is 11.5. The summed E-state index contributed by atoms with van der Waals surface area (Å²) >= 11 is 0. The number of fused-ring (bicyclic) bond motifs is 2. The summed E-state index contributed by atoms with van der Waals surface area (Å²) in [7, 11) is 0. The van der Waals surface area contributed by atoms with Crippen molar-refractivity contribution in [1.29, 1.82) is 0 Å². The second kappa shape index (κ2) is 11.1. The van der Waals surface area contributed by atoms with Crippen molar-refractivity contribution in [3.63, 3.8) is 0 Å². The van der Waals surface area contributed by atoms with Gasteiger partial charge in [-0.1, -0.05) is 44.9 Å². The Morgan fingerprint density at radius 2 is 2.03 bits per heavy atom. The molecule has 2 aliphatic carbocycles. The van der Waals surface area contributed by atoms with E-state index in [0.29, 0.717) is 19.0 Å². The fourth-order valence-electron chi connectivity index (χ4n) is 5.46. The van der Waals surface area contributed by atoms with Crippen LogP contribution < -0.4 is 4.74 Å². The van der Waals surface area contributed by atoms with Crippen molar-refractivity contribution in [3.05, 3.63) is 41.7 Å². The zero-order valence-electron chi connectivity index (χ0n) is 18.5. The lowest BCUT2D eigenvalue weighted by Crippen LogP contribution is -2.26. The van der Waals surface area contributed by atoms with Gasteiger partial charge in [0.15, 0.2) is 0 Å². The molecule has 0 spiro atoms. The van der Waals surface area contributed by atoms with Crippen LogP contribution in [0.25, 0.3) is 0 Å². The smallest absolute Gasteiger partial charge is 0.145 e. The molecule has 4 atom stereocenters. The van der Waals surface area contributed by atoms with Crippen LogP contribution in [0.5, 0.6) is 5.75 Å². The Morgan fingerprint density at radius 1 is 1.17 bits per heavy atom. The minimum Gasteiger partial charge on any atom is -0.495 e. The van der Waals surface area contributed by atoms with Gasteiger partial charge < -0.3 is 14.6 Å². The van der Waals surface area contributed by atoms with Gasteiger partial charge in [0, 0.05) is 0 Å². The molecule has 162 valence electrons. The van der Waals surface area contributed by atoms with E-state index in [4.69, 9.17) is 9.47 Å². The fraction of sp³-hybridized carbons (Fsp3) is 0.692. The molecule has 1 fully saturated rings. The zero-order valence-corrected chi connectivity index (χ0v) is 18.5. The number of hydrogen-bond acceptors (Lipinski definition) is 3. The second-order valence-corrected chi connectivity index (χ2v) is 9.05. The maximum Gasteiger partial charge on any atom is 0.145 e. The van der Waals surface area contributed by atoms with E-state index >= 15 is 0 Å². The van der Waals surface area contributed by atoms with E-state index in [1.165, 1.54) is 56.1 Å². The molecule has 0 aliphatic heterocycles. The topological polar surface area (TPSA) is 38.7 Å².